The lowest BCUT2D eigenvalue weighted by atomic mass is 10.1. The van der Waals surface area contributed by atoms with Gasteiger partial charge >= 0.3 is 6.03 Å². The van der Waals surface area contributed by atoms with E-state index in [4.69, 9.17) is 4.74 Å². The van der Waals surface area contributed by atoms with Crippen LogP contribution < -0.4 is 10.6 Å². The van der Waals surface area contributed by atoms with Crippen molar-refractivity contribution in [2.24, 2.45) is 5.92 Å². The van der Waals surface area contributed by atoms with E-state index in [1.54, 1.807) is 0 Å². The lowest BCUT2D eigenvalue weighted by molar-refractivity contribution is 0.0272. The van der Waals surface area contributed by atoms with Crippen LogP contribution in [0.25, 0.3) is 0 Å². The van der Waals surface area contributed by atoms with Gasteiger partial charge in [0.1, 0.15) is 0 Å². The van der Waals surface area contributed by atoms with E-state index in [1.165, 1.54) is 0 Å². The Morgan fingerprint density at radius 1 is 1.29 bits per heavy atom. The lowest BCUT2D eigenvalue weighted by Gasteiger charge is -2.21. The number of nitrogens with one attached hydrogen (secondary N) is 2. The van der Waals surface area contributed by atoms with Gasteiger partial charge in [0.05, 0.1) is 12.7 Å². The fourth-order valence-corrected chi connectivity index (χ4v) is 1.09. The highest BCUT2D eigenvalue weighted by atomic mass is 16.5. The number of aliphatic hydroxyl groups excluding tert-OH is 1. The molecule has 2 amide bonds. The van der Waals surface area contributed by atoms with Gasteiger partial charge in [0.2, 0.25) is 0 Å². The first-order valence-corrected chi connectivity index (χ1v) is 6.02. The third kappa shape index (κ3) is 11.5. The van der Waals surface area contributed by atoms with E-state index in [1.807, 2.05) is 34.6 Å². The second-order valence-corrected chi connectivity index (χ2v) is 5.67. The van der Waals surface area contributed by atoms with Gasteiger partial charge in [0.15, 0.2) is 0 Å². The van der Waals surface area contributed by atoms with Gasteiger partial charge in [0.25, 0.3) is 0 Å². The zero-order valence-electron chi connectivity index (χ0n) is 11.5. The van der Waals surface area contributed by atoms with Crippen molar-refractivity contribution in [2.75, 3.05) is 19.8 Å². The van der Waals surface area contributed by atoms with Crippen LogP contribution in [-0.2, 0) is 4.74 Å². The standard InChI is InChI=1S/C12H26N2O3/c1-9(2)7-17-8-10(15)6-13-11(16)14-12(3,4)5/h9-10,15H,6-8H2,1-5H3,(H2,13,14,16). The lowest BCUT2D eigenvalue weighted by Crippen LogP contribution is -2.48. The molecule has 0 aromatic carbocycles. The Morgan fingerprint density at radius 2 is 1.88 bits per heavy atom. The van der Waals surface area contributed by atoms with Crippen LogP contribution in [0.3, 0.4) is 0 Å². The van der Waals surface area contributed by atoms with Crippen molar-refractivity contribution in [3.8, 4) is 0 Å². The molecule has 0 heterocycles. The Morgan fingerprint density at radius 3 is 2.35 bits per heavy atom. The maximum atomic E-state index is 11.4. The molecule has 0 aliphatic rings. The number of carbonyl (C=O) groups excluding carboxylic acids is 1. The molecule has 0 saturated carbocycles. The van der Waals surface area contributed by atoms with Gasteiger partial charge in [-0.15, -0.1) is 0 Å². The maximum Gasteiger partial charge on any atom is 0.315 e. The summed E-state index contributed by atoms with van der Waals surface area (Å²) in [4.78, 5) is 11.4. The molecule has 0 spiro atoms. The van der Waals surface area contributed by atoms with Crippen LogP contribution >= 0.6 is 0 Å². The molecule has 3 N–H and O–H groups in total. The minimum Gasteiger partial charge on any atom is -0.389 e. The summed E-state index contributed by atoms with van der Waals surface area (Å²) in [6, 6.07) is -0.277. The number of hydrogen-bond acceptors (Lipinski definition) is 3. The number of amides is 2. The summed E-state index contributed by atoms with van der Waals surface area (Å²) in [7, 11) is 0. The predicted molar refractivity (Wildman–Crippen MR) is 68.0 cm³/mol. The van der Waals surface area contributed by atoms with Crippen molar-refractivity contribution in [3.05, 3.63) is 0 Å². The molecule has 0 fully saturated rings. The smallest absolute Gasteiger partial charge is 0.315 e. The van der Waals surface area contributed by atoms with Crippen LogP contribution in [0.2, 0.25) is 0 Å². The fraction of sp³-hybridized carbons (Fsp3) is 0.917. The molecule has 0 aliphatic carbocycles. The average molecular weight is 246 g/mol. The van der Waals surface area contributed by atoms with E-state index >= 15 is 0 Å². The van der Waals surface area contributed by atoms with Crippen molar-refractivity contribution in [3.63, 3.8) is 0 Å². The Labute approximate surface area is 104 Å². The first-order valence-electron chi connectivity index (χ1n) is 6.02. The molecule has 17 heavy (non-hydrogen) atoms. The summed E-state index contributed by atoms with van der Waals surface area (Å²) >= 11 is 0. The minimum absolute atomic E-state index is 0.194. The fourth-order valence-electron chi connectivity index (χ4n) is 1.09. The molecule has 0 saturated heterocycles. The Hall–Kier alpha value is -0.810. The summed E-state index contributed by atoms with van der Waals surface area (Å²) in [6.45, 7) is 10.8. The third-order valence-corrected chi connectivity index (χ3v) is 1.75. The monoisotopic (exact) mass is 246 g/mol. The van der Waals surface area contributed by atoms with Crippen molar-refractivity contribution in [1.29, 1.82) is 0 Å². The Kier molecular flexibility index (Phi) is 7.15. The summed E-state index contributed by atoms with van der Waals surface area (Å²) in [5.41, 5.74) is -0.275. The highest BCUT2D eigenvalue weighted by Crippen LogP contribution is 1.97. The first kappa shape index (κ1) is 16.2. The Balaban J connectivity index is 3.62. The van der Waals surface area contributed by atoms with Crippen molar-refractivity contribution in [1.82, 2.24) is 10.6 Å². The van der Waals surface area contributed by atoms with Crippen molar-refractivity contribution < 1.29 is 14.6 Å². The average Bonchev–Trinajstić information content (AvgIpc) is 2.11. The van der Waals surface area contributed by atoms with E-state index < -0.39 is 6.10 Å². The molecule has 0 aromatic heterocycles. The molecule has 5 nitrogen and oxygen atoms in total. The van der Waals surface area contributed by atoms with E-state index in [2.05, 4.69) is 10.6 Å². The zero-order valence-corrected chi connectivity index (χ0v) is 11.5. The van der Waals surface area contributed by atoms with Crippen molar-refractivity contribution in [2.45, 2.75) is 46.3 Å². The number of rotatable bonds is 6. The van der Waals surface area contributed by atoms with Crippen LogP contribution in [0, 0.1) is 5.92 Å². The SMILES string of the molecule is CC(C)COCC(O)CNC(=O)NC(C)(C)C. The van der Waals surface area contributed by atoms with Gasteiger partial charge in [-0.25, -0.2) is 4.79 Å². The van der Waals surface area contributed by atoms with Gasteiger partial charge in [-0.3, -0.25) is 0 Å². The minimum atomic E-state index is -0.667. The van der Waals surface area contributed by atoms with Gasteiger partial charge in [0, 0.05) is 18.7 Å². The third-order valence-electron chi connectivity index (χ3n) is 1.75. The van der Waals surface area contributed by atoms with Crippen LogP contribution in [0.5, 0.6) is 0 Å². The number of ether oxygens (including phenoxy) is 1. The molecule has 1 unspecified atom stereocenters. The van der Waals surface area contributed by atoms with Crippen LogP contribution in [-0.4, -0.2) is 42.5 Å². The zero-order chi connectivity index (χ0) is 13.5. The van der Waals surface area contributed by atoms with Crippen LogP contribution in [0.15, 0.2) is 0 Å². The largest absolute Gasteiger partial charge is 0.389 e. The molecular formula is C12H26N2O3. The summed E-state index contributed by atoms with van der Waals surface area (Å²) in [5, 5.41) is 14.9. The van der Waals surface area contributed by atoms with E-state index in [0.29, 0.717) is 12.5 Å². The number of urea groups is 1. The van der Waals surface area contributed by atoms with Crippen LogP contribution in [0.4, 0.5) is 4.79 Å². The molecule has 0 rings (SSSR count). The predicted octanol–water partition coefficient (Wildman–Crippen LogP) is 1.12. The number of hydrogen-bond donors (Lipinski definition) is 3. The second-order valence-electron chi connectivity index (χ2n) is 5.67. The number of aliphatic hydroxyl groups is 1. The molecule has 102 valence electrons. The summed E-state index contributed by atoms with van der Waals surface area (Å²) < 4.78 is 5.27. The molecule has 1 atom stereocenters. The molecule has 0 radical (unpaired) electrons. The summed E-state index contributed by atoms with van der Waals surface area (Å²) in [5.74, 6) is 0.444. The molecule has 5 heteroatoms. The molecule has 0 bridgehead atoms. The second kappa shape index (κ2) is 7.50. The van der Waals surface area contributed by atoms with E-state index in [0.717, 1.165) is 0 Å². The Bertz CT molecular complexity index is 224. The van der Waals surface area contributed by atoms with E-state index in [-0.39, 0.29) is 24.7 Å². The molecule has 0 aromatic rings. The first-order chi connectivity index (χ1) is 7.70. The normalized spacial score (nSPS) is 13.6. The van der Waals surface area contributed by atoms with E-state index in [9.17, 15) is 9.90 Å². The van der Waals surface area contributed by atoms with Gasteiger partial charge < -0.3 is 20.5 Å². The van der Waals surface area contributed by atoms with Gasteiger partial charge in [-0.1, -0.05) is 13.8 Å². The molecule has 0 aliphatic heterocycles. The highest BCUT2D eigenvalue weighted by molar-refractivity contribution is 5.74. The van der Waals surface area contributed by atoms with Crippen LogP contribution in [0.1, 0.15) is 34.6 Å². The van der Waals surface area contributed by atoms with Gasteiger partial charge in [-0.2, -0.15) is 0 Å². The maximum absolute atomic E-state index is 11.4. The topological polar surface area (TPSA) is 70.6 Å². The highest BCUT2D eigenvalue weighted by Gasteiger charge is 2.14. The quantitative estimate of drug-likeness (QED) is 0.657. The summed E-state index contributed by atoms with van der Waals surface area (Å²) in [6.07, 6.45) is -0.667. The van der Waals surface area contributed by atoms with Crippen molar-refractivity contribution >= 4 is 6.03 Å². The van der Waals surface area contributed by atoms with Gasteiger partial charge in [-0.05, 0) is 26.7 Å². The molecular weight excluding hydrogens is 220 g/mol. The number of carbonyl (C=O) groups is 1.